The standard InChI is InChI=1S/C11H18O4/c1-4-11(13)15-8-9(2)6-5-7-14-10(3)12/h4,9H,1,5-8H2,2-3H3. The minimum atomic E-state index is -0.401. The van der Waals surface area contributed by atoms with E-state index in [1.807, 2.05) is 6.92 Å². The number of carbonyl (C=O) groups is 2. The van der Waals surface area contributed by atoms with Gasteiger partial charge in [-0.3, -0.25) is 4.79 Å². The smallest absolute Gasteiger partial charge is 0.330 e. The van der Waals surface area contributed by atoms with Crippen LogP contribution in [0.2, 0.25) is 0 Å². The molecule has 0 spiro atoms. The molecule has 0 saturated carbocycles. The van der Waals surface area contributed by atoms with Gasteiger partial charge in [0.25, 0.3) is 0 Å². The Bertz CT molecular complexity index is 223. The first-order valence-corrected chi connectivity index (χ1v) is 4.98. The zero-order chi connectivity index (χ0) is 11.7. The summed E-state index contributed by atoms with van der Waals surface area (Å²) >= 11 is 0. The predicted molar refractivity (Wildman–Crippen MR) is 56.2 cm³/mol. The van der Waals surface area contributed by atoms with Gasteiger partial charge >= 0.3 is 11.9 Å². The first-order valence-electron chi connectivity index (χ1n) is 4.98. The average Bonchev–Trinajstić information content (AvgIpc) is 2.20. The summed E-state index contributed by atoms with van der Waals surface area (Å²) in [4.78, 5) is 21.2. The van der Waals surface area contributed by atoms with Gasteiger partial charge in [0.15, 0.2) is 0 Å². The molecule has 4 nitrogen and oxygen atoms in total. The Morgan fingerprint density at radius 2 is 2.07 bits per heavy atom. The minimum absolute atomic E-state index is 0.263. The lowest BCUT2D eigenvalue weighted by molar-refractivity contribution is -0.141. The van der Waals surface area contributed by atoms with Crippen molar-refractivity contribution in [3.63, 3.8) is 0 Å². The summed E-state index contributed by atoms with van der Waals surface area (Å²) in [6.07, 6.45) is 2.79. The molecule has 0 amide bonds. The maximum Gasteiger partial charge on any atom is 0.330 e. The second-order valence-electron chi connectivity index (χ2n) is 3.42. The minimum Gasteiger partial charge on any atom is -0.466 e. The van der Waals surface area contributed by atoms with Crippen LogP contribution in [0, 0.1) is 5.92 Å². The molecule has 0 heterocycles. The van der Waals surface area contributed by atoms with E-state index in [4.69, 9.17) is 9.47 Å². The molecule has 0 fully saturated rings. The van der Waals surface area contributed by atoms with Crippen LogP contribution in [0.5, 0.6) is 0 Å². The van der Waals surface area contributed by atoms with E-state index >= 15 is 0 Å². The zero-order valence-electron chi connectivity index (χ0n) is 9.32. The van der Waals surface area contributed by atoms with Gasteiger partial charge in [0, 0.05) is 13.0 Å². The van der Waals surface area contributed by atoms with Crippen molar-refractivity contribution in [2.24, 2.45) is 5.92 Å². The van der Waals surface area contributed by atoms with Crippen molar-refractivity contribution in [3.05, 3.63) is 12.7 Å². The van der Waals surface area contributed by atoms with Gasteiger partial charge < -0.3 is 9.47 Å². The van der Waals surface area contributed by atoms with E-state index in [2.05, 4.69) is 6.58 Å². The van der Waals surface area contributed by atoms with Gasteiger partial charge in [-0.05, 0) is 18.8 Å². The van der Waals surface area contributed by atoms with Crippen LogP contribution >= 0.6 is 0 Å². The van der Waals surface area contributed by atoms with E-state index in [1.54, 1.807) is 0 Å². The second-order valence-corrected chi connectivity index (χ2v) is 3.42. The molecule has 86 valence electrons. The predicted octanol–water partition coefficient (Wildman–Crippen LogP) is 1.70. The molecule has 1 atom stereocenters. The second kappa shape index (κ2) is 8.03. The number of esters is 2. The SMILES string of the molecule is C=CC(=O)OCC(C)CCCOC(C)=O. The van der Waals surface area contributed by atoms with Gasteiger partial charge in [-0.15, -0.1) is 0 Å². The van der Waals surface area contributed by atoms with Gasteiger partial charge in [0.05, 0.1) is 13.2 Å². The van der Waals surface area contributed by atoms with Crippen LogP contribution in [-0.2, 0) is 19.1 Å². The number of carbonyl (C=O) groups excluding carboxylic acids is 2. The van der Waals surface area contributed by atoms with Crippen molar-refractivity contribution in [1.82, 2.24) is 0 Å². The number of ether oxygens (including phenoxy) is 2. The van der Waals surface area contributed by atoms with Crippen molar-refractivity contribution >= 4 is 11.9 Å². The molecule has 0 saturated heterocycles. The van der Waals surface area contributed by atoms with Crippen molar-refractivity contribution < 1.29 is 19.1 Å². The van der Waals surface area contributed by atoms with Crippen LogP contribution in [-0.4, -0.2) is 25.2 Å². The summed E-state index contributed by atoms with van der Waals surface area (Å²) < 4.78 is 9.64. The van der Waals surface area contributed by atoms with Crippen molar-refractivity contribution in [2.45, 2.75) is 26.7 Å². The van der Waals surface area contributed by atoms with Crippen LogP contribution in [0.4, 0.5) is 0 Å². The van der Waals surface area contributed by atoms with E-state index in [0.717, 1.165) is 18.9 Å². The van der Waals surface area contributed by atoms with E-state index in [-0.39, 0.29) is 11.9 Å². The molecule has 0 aromatic rings. The van der Waals surface area contributed by atoms with E-state index < -0.39 is 5.97 Å². The molecule has 0 rings (SSSR count). The molecule has 0 aromatic carbocycles. The lowest BCUT2D eigenvalue weighted by Crippen LogP contribution is -2.11. The topological polar surface area (TPSA) is 52.6 Å². The fourth-order valence-corrected chi connectivity index (χ4v) is 1.01. The molecule has 1 unspecified atom stereocenters. The van der Waals surface area contributed by atoms with Gasteiger partial charge in [0.2, 0.25) is 0 Å². The Labute approximate surface area is 90.2 Å². The molecule has 0 aliphatic rings. The number of hydrogen-bond donors (Lipinski definition) is 0. The molecule has 0 radical (unpaired) electrons. The Balaban J connectivity index is 3.40. The Hall–Kier alpha value is -1.32. The van der Waals surface area contributed by atoms with Crippen molar-refractivity contribution in [1.29, 1.82) is 0 Å². The maximum atomic E-state index is 10.7. The summed E-state index contributed by atoms with van der Waals surface area (Å²) in [7, 11) is 0. The monoisotopic (exact) mass is 214 g/mol. The Morgan fingerprint density at radius 1 is 1.40 bits per heavy atom. The van der Waals surface area contributed by atoms with Crippen LogP contribution in [0.3, 0.4) is 0 Å². The molecule has 0 aliphatic heterocycles. The Kier molecular flexibility index (Phi) is 7.32. The molecule has 15 heavy (non-hydrogen) atoms. The van der Waals surface area contributed by atoms with E-state index in [1.165, 1.54) is 6.92 Å². The van der Waals surface area contributed by atoms with Crippen LogP contribution in [0.25, 0.3) is 0 Å². The number of rotatable bonds is 7. The van der Waals surface area contributed by atoms with Crippen LogP contribution < -0.4 is 0 Å². The largest absolute Gasteiger partial charge is 0.466 e. The lowest BCUT2D eigenvalue weighted by Gasteiger charge is -2.10. The van der Waals surface area contributed by atoms with Gasteiger partial charge in [-0.2, -0.15) is 0 Å². The zero-order valence-corrected chi connectivity index (χ0v) is 9.32. The highest BCUT2D eigenvalue weighted by Gasteiger charge is 2.05. The number of hydrogen-bond acceptors (Lipinski definition) is 4. The summed E-state index contributed by atoms with van der Waals surface area (Å²) in [6, 6.07) is 0. The van der Waals surface area contributed by atoms with E-state index in [0.29, 0.717) is 13.2 Å². The molecular weight excluding hydrogens is 196 g/mol. The normalized spacial score (nSPS) is 11.6. The Morgan fingerprint density at radius 3 is 2.60 bits per heavy atom. The van der Waals surface area contributed by atoms with Gasteiger partial charge in [0.1, 0.15) is 0 Å². The molecule has 0 N–H and O–H groups in total. The highest BCUT2D eigenvalue weighted by Crippen LogP contribution is 2.06. The third-order valence-corrected chi connectivity index (χ3v) is 1.82. The highest BCUT2D eigenvalue weighted by molar-refractivity contribution is 5.81. The summed E-state index contributed by atoms with van der Waals surface area (Å²) in [5, 5.41) is 0. The first-order chi connectivity index (χ1) is 7.06. The van der Waals surface area contributed by atoms with Crippen molar-refractivity contribution in [3.8, 4) is 0 Å². The summed E-state index contributed by atoms with van der Waals surface area (Å²) in [5.41, 5.74) is 0. The highest BCUT2D eigenvalue weighted by atomic mass is 16.5. The third kappa shape index (κ3) is 9.00. The van der Waals surface area contributed by atoms with Gasteiger partial charge in [-0.25, -0.2) is 4.79 Å². The van der Waals surface area contributed by atoms with Gasteiger partial charge in [-0.1, -0.05) is 13.5 Å². The molecule has 4 heteroatoms. The lowest BCUT2D eigenvalue weighted by atomic mass is 10.1. The molecule has 0 bridgehead atoms. The first kappa shape index (κ1) is 13.7. The quantitative estimate of drug-likeness (QED) is 0.367. The van der Waals surface area contributed by atoms with Crippen LogP contribution in [0.1, 0.15) is 26.7 Å². The fraction of sp³-hybridized carbons (Fsp3) is 0.636. The molecular formula is C11H18O4. The van der Waals surface area contributed by atoms with Crippen LogP contribution in [0.15, 0.2) is 12.7 Å². The summed E-state index contributed by atoms with van der Waals surface area (Å²) in [5.74, 6) is -0.396. The molecule has 0 aromatic heterocycles. The van der Waals surface area contributed by atoms with E-state index in [9.17, 15) is 9.59 Å². The third-order valence-electron chi connectivity index (χ3n) is 1.82. The molecule has 0 aliphatic carbocycles. The average molecular weight is 214 g/mol. The van der Waals surface area contributed by atoms with Crippen molar-refractivity contribution in [2.75, 3.05) is 13.2 Å². The maximum absolute atomic E-state index is 10.7. The fourth-order valence-electron chi connectivity index (χ4n) is 1.01. The summed E-state index contributed by atoms with van der Waals surface area (Å²) in [6.45, 7) is 7.47.